The van der Waals surface area contributed by atoms with E-state index in [4.69, 9.17) is 0 Å². The van der Waals surface area contributed by atoms with Crippen molar-refractivity contribution in [1.29, 1.82) is 0 Å². The minimum Gasteiger partial charge on any atom is -0.406 e. The molecule has 12 heteroatoms. The summed E-state index contributed by atoms with van der Waals surface area (Å²) in [7, 11) is -4.46. The van der Waals surface area contributed by atoms with Gasteiger partial charge in [0, 0.05) is 17.9 Å². The molecule has 6 nitrogen and oxygen atoms in total. The highest BCUT2D eigenvalue weighted by atomic mass is 32.2. The number of carbonyl (C=O) groups is 1. The number of hydrogen-bond acceptors (Lipinski definition) is 5. The lowest BCUT2D eigenvalue weighted by atomic mass is 10.0. The van der Waals surface area contributed by atoms with Crippen molar-refractivity contribution in [3.8, 4) is 5.75 Å². The molecule has 0 amide bonds. The molecule has 0 bridgehead atoms. The number of hydrogen-bond donors (Lipinski definition) is 0. The molecule has 0 unspecified atom stereocenters. The van der Waals surface area contributed by atoms with E-state index in [9.17, 15) is 35.2 Å². The molecule has 176 valence electrons. The van der Waals surface area contributed by atoms with Crippen LogP contribution >= 0.6 is 0 Å². The van der Waals surface area contributed by atoms with Crippen LogP contribution in [0.15, 0.2) is 71.8 Å². The molecule has 3 aromatic carbocycles. The van der Waals surface area contributed by atoms with Gasteiger partial charge in [-0.2, -0.15) is 17.6 Å². The summed E-state index contributed by atoms with van der Waals surface area (Å²) in [5.74, 6) is -3.65. The van der Waals surface area contributed by atoms with Crippen LogP contribution in [0.25, 0.3) is 10.9 Å². The Kier molecular flexibility index (Phi) is 5.86. The maximum Gasteiger partial charge on any atom is 0.573 e. The van der Waals surface area contributed by atoms with Crippen LogP contribution in [-0.4, -0.2) is 29.7 Å². The minimum atomic E-state index is -5.01. The number of carbonyl (C=O) groups excluding carboxylic acids is 1. The molecule has 0 aliphatic heterocycles. The number of ketones is 1. The number of Topliss-reactive ketones (excluding diaryl/α,β-unsaturated/α-hetero) is 1. The fraction of sp³-hybridized carbons (Fsp3) is 0.0909. The highest BCUT2D eigenvalue weighted by Gasteiger charge is 2.32. The maximum absolute atomic E-state index is 13.9. The van der Waals surface area contributed by atoms with Crippen LogP contribution in [0, 0.1) is 11.6 Å². The molecule has 0 saturated heterocycles. The summed E-state index contributed by atoms with van der Waals surface area (Å²) in [6, 6.07) is 11.0. The molecule has 0 atom stereocenters. The van der Waals surface area contributed by atoms with E-state index in [0.717, 1.165) is 36.4 Å². The van der Waals surface area contributed by atoms with Gasteiger partial charge < -0.3 is 4.74 Å². The van der Waals surface area contributed by atoms with Gasteiger partial charge in [-0.1, -0.05) is 24.3 Å². The zero-order chi connectivity index (χ0) is 24.7. The molecule has 0 aliphatic carbocycles. The number of benzene rings is 3. The van der Waals surface area contributed by atoms with Gasteiger partial charge in [0.1, 0.15) is 17.4 Å². The number of fused-ring (bicyclic) bond motifs is 1. The fourth-order valence-electron chi connectivity index (χ4n) is 3.31. The first-order valence-corrected chi connectivity index (χ1v) is 10.9. The Morgan fingerprint density at radius 1 is 0.971 bits per heavy atom. The van der Waals surface area contributed by atoms with Crippen LogP contribution in [0.1, 0.15) is 15.9 Å². The van der Waals surface area contributed by atoms with Gasteiger partial charge in [-0.3, -0.25) is 4.79 Å². The molecule has 0 radical (unpaired) electrons. The number of rotatable bonds is 6. The predicted octanol–water partition coefficient (Wildman–Crippen LogP) is 4.88. The molecule has 0 saturated carbocycles. The van der Waals surface area contributed by atoms with Crippen LogP contribution in [0.2, 0.25) is 0 Å². The summed E-state index contributed by atoms with van der Waals surface area (Å²) in [6.45, 7) is 0. The SMILES string of the molecule is O=C(Cc1ccc2cnn(S(=O)(=O)c3cccc(OC(F)(F)F)c3)c2c1)c1c(F)cccc1F. The standard InChI is InChI=1S/C22H13F5N2O4S/c23-17-5-2-6-18(24)21(17)20(30)10-13-7-8-14-12-28-29(19(14)9-13)34(31,32)16-4-1-3-15(11-16)33-22(25,26)27/h1-9,11-12H,10H2. The molecule has 0 N–H and O–H groups in total. The van der Waals surface area contributed by atoms with Crippen molar-refractivity contribution in [3.05, 3.63) is 89.6 Å². The second kappa shape index (κ2) is 8.52. The van der Waals surface area contributed by atoms with E-state index in [1.54, 1.807) is 0 Å². The lowest BCUT2D eigenvalue weighted by Gasteiger charge is -2.11. The Balaban J connectivity index is 1.70. The monoisotopic (exact) mass is 496 g/mol. The summed E-state index contributed by atoms with van der Waals surface area (Å²) in [5, 5.41) is 4.16. The van der Waals surface area contributed by atoms with Gasteiger partial charge in [0.2, 0.25) is 0 Å². The first-order chi connectivity index (χ1) is 16.0. The largest absolute Gasteiger partial charge is 0.573 e. The van der Waals surface area contributed by atoms with Crippen molar-refractivity contribution in [2.45, 2.75) is 17.7 Å². The number of ether oxygens (including phenoxy) is 1. The molecule has 4 rings (SSSR count). The summed E-state index contributed by atoms with van der Waals surface area (Å²) >= 11 is 0. The lowest BCUT2D eigenvalue weighted by molar-refractivity contribution is -0.274. The van der Waals surface area contributed by atoms with Gasteiger partial charge in [0.15, 0.2) is 5.78 Å². The van der Waals surface area contributed by atoms with E-state index in [1.807, 2.05) is 0 Å². The predicted molar refractivity (Wildman–Crippen MR) is 110 cm³/mol. The zero-order valence-corrected chi connectivity index (χ0v) is 17.7. The quantitative estimate of drug-likeness (QED) is 0.281. The van der Waals surface area contributed by atoms with E-state index in [-0.39, 0.29) is 11.1 Å². The molecule has 1 heterocycles. The highest BCUT2D eigenvalue weighted by molar-refractivity contribution is 7.90. The smallest absolute Gasteiger partial charge is 0.406 e. The third-order valence-electron chi connectivity index (χ3n) is 4.77. The molecule has 34 heavy (non-hydrogen) atoms. The van der Waals surface area contributed by atoms with Crippen LogP contribution in [0.3, 0.4) is 0 Å². The summed E-state index contributed by atoms with van der Waals surface area (Å²) in [5.41, 5.74) is -0.460. The third kappa shape index (κ3) is 4.62. The summed E-state index contributed by atoms with van der Waals surface area (Å²) in [6.07, 6.45) is -4.24. The Morgan fingerprint density at radius 2 is 1.65 bits per heavy atom. The van der Waals surface area contributed by atoms with Crippen molar-refractivity contribution >= 4 is 26.7 Å². The topological polar surface area (TPSA) is 78.3 Å². The second-order valence-corrected chi connectivity index (χ2v) is 8.87. The van der Waals surface area contributed by atoms with Crippen molar-refractivity contribution in [2.24, 2.45) is 0 Å². The number of nitrogens with zero attached hydrogens (tertiary/aromatic N) is 2. The van der Waals surface area contributed by atoms with Gasteiger partial charge in [0.05, 0.1) is 22.2 Å². The van der Waals surface area contributed by atoms with Crippen LogP contribution in [0.4, 0.5) is 22.0 Å². The van der Waals surface area contributed by atoms with Gasteiger partial charge >= 0.3 is 6.36 Å². The van der Waals surface area contributed by atoms with E-state index in [2.05, 4.69) is 9.84 Å². The van der Waals surface area contributed by atoms with E-state index in [1.165, 1.54) is 24.4 Å². The molecule has 1 aromatic heterocycles. The van der Waals surface area contributed by atoms with Crippen LogP contribution < -0.4 is 4.74 Å². The van der Waals surface area contributed by atoms with Gasteiger partial charge in [0.25, 0.3) is 10.0 Å². The average molecular weight is 496 g/mol. The molecule has 0 fully saturated rings. The fourth-order valence-corrected chi connectivity index (χ4v) is 4.62. The Labute approximate surface area is 189 Å². The van der Waals surface area contributed by atoms with Gasteiger partial charge in [-0.25, -0.2) is 8.78 Å². The highest BCUT2D eigenvalue weighted by Crippen LogP contribution is 2.27. The molecule has 0 aliphatic rings. The van der Waals surface area contributed by atoms with Crippen molar-refractivity contribution in [1.82, 2.24) is 9.19 Å². The third-order valence-corrected chi connectivity index (χ3v) is 6.37. The number of alkyl halides is 3. The Bertz CT molecular complexity index is 1490. The van der Waals surface area contributed by atoms with Crippen molar-refractivity contribution in [3.63, 3.8) is 0 Å². The van der Waals surface area contributed by atoms with E-state index < -0.39 is 56.4 Å². The average Bonchev–Trinajstić information content (AvgIpc) is 3.16. The van der Waals surface area contributed by atoms with Crippen LogP contribution in [-0.2, 0) is 16.4 Å². The molecule has 0 spiro atoms. The number of halogens is 5. The Hall–Kier alpha value is -3.80. The summed E-state index contributed by atoms with van der Waals surface area (Å²) < 4.78 is 95.9. The second-order valence-electron chi connectivity index (χ2n) is 7.11. The van der Waals surface area contributed by atoms with E-state index in [0.29, 0.717) is 15.5 Å². The first-order valence-electron chi connectivity index (χ1n) is 9.51. The zero-order valence-electron chi connectivity index (χ0n) is 16.9. The van der Waals surface area contributed by atoms with Crippen molar-refractivity contribution < 1.29 is 39.9 Å². The number of aromatic nitrogens is 2. The first kappa shape index (κ1) is 23.4. The summed E-state index contributed by atoms with van der Waals surface area (Å²) in [4.78, 5) is 11.9. The Morgan fingerprint density at radius 3 is 2.32 bits per heavy atom. The lowest BCUT2D eigenvalue weighted by Crippen LogP contribution is -2.18. The minimum absolute atomic E-state index is 0.0152. The maximum atomic E-state index is 13.9. The van der Waals surface area contributed by atoms with Gasteiger partial charge in [-0.15, -0.1) is 13.2 Å². The molecular weight excluding hydrogens is 483 g/mol. The van der Waals surface area contributed by atoms with Crippen molar-refractivity contribution in [2.75, 3.05) is 0 Å². The van der Waals surface area contributed by atoms with E-state index >= 15 is 0 Å². The van der Waals surface area contributed by atoms with Gasteiger partial charge in [-0.05, 0) is 35.9 Å². The molecule has 4 aromatic rings. The molecular formula is C22H13F5N2O4S. The normalized spacial score (nSPS) is 12.1. The van der Waals surface area contributed by atoms with Crippen LogP contribution in [0.5, 0.6) is 5.75 Å².